The van der Waals surface area contributed by atoms with Crippen molar-refractivity contribution in [2.24, 2.45) is 5.92 Å². The third-order valence-corrected chi connectivity index (χ3v) is 7.37. The van der Waals surface area contributed by atoms with Crippen LogP contribution in [-0.2, 0) is 16.1 Å². The summed E-state index contributed by atoms with van der Waals surface area (Å²) >= 11 is 6.74. The molecular formula is C35H48ClNO6. The number of carbonyl (C=O) groups excluding carboxylic acids is 1. The van der Waals surface area contributed by atoms with Gasteiger partial charge < -0.3 is 24.2 Å². The molecule has 0 aliphatic carbocycles. The number of anilines is 1. The third kappa shape index (κ3) is 10.8. The van der Waals surface area contributed by atoms with Gasteiger partial charge in [0, 0.05) is 29.7 Å². The van der Waals surface area contributed by atoms with Crippen LogP contribution in [0.2, 0.25) is 5.02 Å². The van der Waals surface area contributed by atoms with Gasteiger partial charge >= 0.3 is 0 Å². The summed E-state index contributed by atoms with van der Waals surface area (Å²) in [6, 6.07) is 17.7. The van der Waals surface area contributed by atoms with Crippen LogP contribution in [0.25, 0.3) is 0 Å². The lowest BCUT2D eigenvalue weighted by Crippen LogP contribution is -2.32. The number of halogens is 1. The fourth-order valence-corrected chi connectivity index (χ4v) is 4.83. The summed E-state index contributed by atoms with van der Waals surface area (Å²) in [5.41, 5.74) is 4.85. The predicted molar refractivity (Wildman–Crippen MR) is 176 cm³/mol. The Bertz CT molecular complexity index is 1300. The molecule has 43 heavy (non-hydrogen) atoms. The van der Waals surface area contributed by atoms with Crippen molar-refractivity contribution < 1.29 is 28.9 Å². The van der Waals surface area contributed by atoms with E-state index in [-0.39, 0.29) is 24.2 Å². The highest BCUT2D eigenvalue weighted by Gasteiger charge is 2.26. The minimum Gasteiger partial charge on any atom is -0.497 e. The van der Waals surface area contributed by atoms with Crippen molar-refractivity contribution in [3.63, 3.8) is 0 Å². The number of amides is 1. The lowest BCUT2D eigenvalue weighted by Gasteiger charge is -2.30. The molecule has 0 spiro atoms. The van der Waals surface area contributed by atoms with Crippen LogP contribution in [0.5, 0.6) is 17.2 Å². The van der Waals surface area contributed by atoms with Crippen LogP contribution in [0.15, 0.2) is 54.6 Å². The number of aryl methyl sites for hydroxylation is 1. The molecule has 2 atom stereocenters. The number of hydrogen-bond donors (Lipinski definition) is 1. The van der Waals surface area contributed by atoms with Gasteiger partial charge in [-0.2, -0.15) is 0 Å². The number of hydrogen-bond acceptors (Lipinski definition) is 5. The van der Waals surface area contributed by atoms with E-state index < -0.39 is 0 Å². The van der Waals surface area contributed by atoms with Crippen LogP contribution >= 0.6 is 11.6 Å². The zero-order valence-electron chi connectivity index (χ0n) is 27.1. The number of ether oxygens (including phenoxy) is 3. The molecule has 0 aliphatic heterocycles. The van der Waals surface area contributed by atoms with Crippen LogP contribution in [0.4, 0.5) is 5.69 Å². The summed E-state index contributed by atoms with van der Waals surface area (Å²) in [6.45, 7) is 12.8. The van der Waals surface area contributed by atoms with Gasteiger partial charge in [-0.25, -0.2) is 0 Å². The van der Waals surface area contributed by atoms with Gasteiger partial charge in [-0.15, -0.1) is 0 Å². The van der Waals surface area contributed by atoms with Crippen LogP contribution in [0.3, 0.4) is 0 Å². The number of methoxy groups -OCH3 is 3. The molecule has 0 saturated heterocycles. The SMILES string of the molecule is CCC.CCC(C)CC(=O)N(Cc1ccc(OC)cc1OC)c1ccc(C)cc1[C@H](C)c1cccc(OC)c1Cl.O=CO. The van der Waals surface area contributed by atoms with E-state index in [1.165, 1.54) is 6.42 Å². The molecule has 0 bridgehead atoms. The predicted octanol–water partition coefficient (Wildman–Crippen LogP) is 8.91. The second kappa shape index (κ2) is 19.5. The Hall–Kier alpha value is -3.71. The van der Waals surface area contributed by atoms with Crippen molar-refractivity contribution in [2.45, 2.75) is 73.3 Å². The normalized spacial score (nSPS) is 11.5. The number of nitrogens with zero attached hydrogens (tertiary/aromatic N) is 1. The summed E-state index contributed by atoms with van der Waals surface area (Å²) < 4.78 is 16.5. The molecule has 0 fully saturated rings. The first-order valence-electron chi connectivity index (χ1n) is 14.6. The van der Waals surface area contributed by atoms with Gasteiger partial charge in [0.25, 0.3) is 6.47 Å². The van der Waals surface area contributed by atoms with E-state index in [9.17, 15) is 4.79 Å². The Kier molecular flexibility index (Phi) is 16.9. The molecule has 7 nitrogen and oxygen atoms in total. The van der Waals surface area contributed by atoms with Gasteiger partial charge in [0.2, 0.25) is 5.91 Å². The molecule has 236 valence electrons. The van der Waals surface area contributed by atoms with E-state index in [1.807, 2.05) is 53.4 Å². The highest BCUT2D eigenvalue weighted by molar-refractivity contribution is 6.33. The summed E-state index contributed by atoms with van der Waals surface area (Å²) in [5, 5.41) is 7.47. The molecule has 3 rings (SSSR count). The first kappa shape index (κ1) is 37.3. The lowest BCUT2D eigenvalue weighted by molar-refractivity contribution is -0.123. The highest BCUT2D eigenvalue weighted by atomic mass is 35.5. The molecule has 0 aromatic heterocycles. The third-order valence-electron chi connectivity index (χ3n) is 6.96. The van der Waals surface area contributed by atoms with E-state index in [0.29, 0.717) is 35.2 Å². The Morgan fingerprint density at radius 3 is 2.12 bits per heavy atom. The van der Waals surface area contributed by atoms with Crippen LogP contribution < -0.4 is 19.1 Å². The first-order chi connectivity index (χ1) is 20.6. The van der Waals surface area contributed by atoms with Gasteiger partial charge in [-0.1, -0.05) is 88.9 Å². The maximum atomic E-state index is 13.8. The topological polar surface area (TPSA) is 85.3 Å². The van der Waals surface area contributed by atoms with E-state index in [0.717, 1.165) is 34.4 Å². The molecule has 0 heterocycles. The lowest BCUT2D eigenvalue weighted by atomic mass is 9.89. The van der Waals surface area contributed by atoms with Crippen molar-refractivity contribution in [1.29, 1.82) is 0 Å². The second-order valence-electron chi connectivity index (χ2n) is 10.3. The van der Waals surface area contributed by atoms with Crippen molar-refractivity contribution in [3.05, 3.63) is 81.9 Å². The zero-order chi connectivity index (χ0) is 32.5. The van der Waals surface area contributed by atoms with Crippen molar-refractivity contribution in [3.8, 4) is 17.2 Å². The number of carbonyl (C=O) groups is 2. The first-order valence-corrected chi connectivity index (χ1v) is 15.0. The molecule has 1 unspecified atom stereocenters. The molecule has 3 aromatic rings. The second-order valence-corrected chi connectivity index (χ2v) is 10.7. The molecule has 0 saturated carbocycles. The Labute approximate surface area is 262 Å². The molecule has 1 amide bonds. The van der Waals surface area contributed by atoms with Gasteiger partial charge in [0.1, 0.15) is 17.2 Å². The molecule has 8 heteroatoms. The fraction of sp³-hybridized carbons (Fsp3) is 0.429. The average molecular weight is 614 g/mol. The molecule has 3 aromatic carbocycles. The van der Waals surface area contributed by atoms with Crippen molar-refractivity contribution in [1.82, 2.24) is 0 Å². The van der Waals surface area contributed by atoms with Crippen LogP contribution in [-0.4, -0.2) is 38.8 Å². The summed E-state index contributed by atoms with van der Waals surface area (Å²) in [6.07, 6.45) is 2.64. The van der Waals surface area contributed by atoms with E-state index >= 15 is 0 Å². The zero-order valence-corrected chi connectivity index (χ0v) is 27.8. The van der Waals surface area contributed by atoms with Gasteiger partial charge in [0.15, 0.2) is 0 Å². The minimum absolute atomic E-state index is 0.0706. The molecule has 0 radical (unpaired) electrons. The summed E-state index contributed by atoms with van der Waals surface area (Å²) in [7, 11) is 4.87. The fourth-order valence-electron chi connectivity index (χ4n) is 4.47. The number of benzene rings is 3. The van der Waals surface area contributed by atoms with Crippen LogP contribution in [0, 0.1) is 12.8 Å². The molecular weight excluding hydrogens is 566 g/mol. The van der Waals surface area contributed by atoms with Gasteiger partial charge in [0.05, 0.1) is 32.9 Å². The Balaban J connectivity index is 0.00000142. The smallest absolute Gasteiger partial charge is 0.290 e. The standard InChI is InChI=1S/C31H38ClNO4.C3H8.CH2O2/c1-8-20(2)17-30(34)33(19-23-13-14-24(35-5)18-29(23)37-7)27-15-12-21(3)16-26(27)22(4)25-10-9-11-28(36-6)31(25)32;1-3-2;2-1-3/h9-16,18,20,22H,8,17,19H2,1-7H3;3H2,1-2H3;1H,(H,2,3)/t20?,22-;;/m1../s1. The van der Waals surface area contributed by atoms with E-state index in [1.54, 1.807) is 21.3 Å². The summed E-state index contributed by atoms with van der Waals surface area (Å²) in [4.78, 5) is 24.1. The van der Waals surface area contributed by atoms with Gasteiger partial charge in [-0.3, -0.25) is 9.59 Å². The Morgan fingerprint density at radius 1 is 0.930 bits per heavy atom. The van der Waals surface area contributed by atoms with E-state index in [4.69, 9.17) is 35.7 Å². The van der Waals surface area contributed by atoms with Crippen molar-refractivity contribution in [2.75, 3.05) is 26.2 Å². The highest BCUT2D eigenvalue weighted by Crippen LogP contribution is 2.40. The summed E-state index contributed by atoms with van der Waals surface area (Å²) in [5.74, 6) is 2.28. The average Bonchev–Trinajstić information content (AvgIpc) is 3.00. The molecule has 0 aliphatic rings. The largest absolute Gasteiger partial charge is 0.497 e. The van der Waals surface area contributed by atoms with Crippen molar-refractivity contribution >= 4 is 29.7 Å². The number of carboxylic acid groups (broad SMARTS) is 1. The number of rotatable bonds is 11. The maximum Gasteiger partial charge on any atom is 0.290 e. The molecule has 1 N–H and O–H groups in total. The Morgan fingerprint density at radius 2 is 1.56 bits per heavy atom. The quantitative estimate of drug-likeness (QED) is 0.217. The minimum atomic E-state index is -0.250. The maximum absolute atomic E-state index is 13.8. The van der Waals surface area contributed by atoms with E-state index in [2.05, 4.69) is 47.6 Å². The van der Waals surface area contributed by atoms with Gasteiger partial charge in [-0.05, 0) is 48.2 Å². The van der Waals surface area contributed by atoms with Crippen LogP contribution in [0.1, 0.15) is 82.1 Å². The monoisotopic (exact) mass is 613 g/mol.